The summed E-state index contributed by atoms with van der Waals surface area (Å²) in [5, 5.41) is 12.7. The minimum Gasteiger partial charge on any atom is -0.454 e. The van der Waals surface area contributed by atoms with Gasteiger partial charge in [0.25, 0.3) is 0 Å². The van der Waals surface area contributed by atoms with Crippen molar-refractivity contribution in [2.75, 3.05) is 13.4 Å². The van der Waals surface area contributed by atoms with Gasteiger partial charge >= 0.3 is 0 Å². The monoisotopic (exact) mass is 315 g/mol. The average molecular weight is 316 g/mol. The summed E-state index contributed by atoms with van der Waals surface area (Å²) in [6.07, 6.45) is 0.867. The second-order valence-corrected chi connectivity index (χ2v) is 5.58. The molecule has 0 bridgehead atoms. The maximum absolute atomic E-state index is 9.37. The lowest BCUT2D eigenvalue weighted by atomic mass is 10.00. The molecule has 1 aromatic rings. The van der Waals surface area contributed by atoms with Crippen molar-refractivity contribution in [3.8, 4) is 11.5 Å². The summed E-state index contributed by atoms with van der Waals surface area (Å²) in [7, 11) is 0. The van der Waals surface area contributed by atoms with Crippen molar-refractivity contribution < 1.29 is 14.6 Å². The van der Waals surface area contributed by atoms with Crippen LogP contribution in [0.5, 0.6) is 11.5 Å². The van der Waals surface area contributed by atoms with E-state index in [1.54, 1.807) is 0 Å². The molecule has 4 nitrogen and oxygen atoms in total. The molecule has 0 radical (unpaired) electrons. The molecule has 0 saturated carbocycles. The van der Waals surface area contributed by atoms with Crippen LogP contribution >= 0.6 is 15.9 Å². The third-order valence-electron chi connectivity index (χ3n) is 3.38. The zero-order chi connectivity index (χ0) is 13.2. The number of hydrogen-bond acceptors (Lipinski definition) is 4. The van der Waals surface area contributed by atoms with E-state index >= 15 is 0 Å². The largest absolute Gasteiger partial charge is 0.454 e. The van der Waals surface area contributed by atoms with Crippen LogP contribution < -0.4 is 14.8 Å². The summed E-state index contributed by atoms with van der Waals surface area (Å²) >= 11 is 3.52. The maximum atomic E-state index is 9.37. The molecule has 100 valence electrons. The van der Waals surface area contributed by atoms with E-state index in [9.17, 15) is 5.11 Å². The van der Waals surface area contributed by atoms with E-state index in [1.165, 1.54) is 0 Å². The molecule has 1 aromatic carbocycles. The molecule has 1 unspecified atom stereocenters. The van der Waals surface area contributed by atoms with Gasteiger partial charge in [-0.15, -0.1) is 0 Å². The lowest BCUT2D eigenvalue weighted by Crippen LogP contribution is -2.44. The fourth-order valence-electron chi connectivity index (χ4n) is 1.70. The molecule has 1 aliphatic heterocycles. The van der Waals surface area contributed by atoms with E-state index < -0.39 is 0 Å². The van der Waals surface area contributed by atoms with Crippen molar-refractivity contribution in [1.82, 2.24) is 5.32 Å². The fraction of sp³-hybridized carbons (Fsp3) is 0.538. The molecule has 1 heterocycles. The van der Waals surface area contributed by atoms with Crippen LogP contribution in [-0.4, -0.2) is 24.0 Å². The van der Waals surface area contributed by atoms with Crippen molar-refractivity contribution >= 4 is 15.9 Å². The van der Waals surface area contributed by atoms with Crippen molar-refractivity contribution in [3.05, 3.63) is 22.2 Å². The molecule has 18 heavy (non-hydrogen) atoms. The van der Waals surface area contributed by atoms with Gasteiger partial charge in [0.2, 0.25) is 6.79 Å². The summed E-state index contributed by atoms with van der Waals surface area (Å²) in [6, 6.07) is 3.88. The van der Waals surface area contributed by atoms with E-state index in [2.05, 4.69) is 28.2 Å². The minimum absolute atomic E-state index is 0.117. The number of aliphatic hydroxyl groups excluding tert-OH is 1. The third kappa shape index (κ3) is 2.79. The van der Waals surface area contributed by atoms with Crippen molar-refractivity contribution in [2.24, 2.45) is 0 Å². The van der Waals surface area contributed by atoms with Gasteiger partial charge in [-0.3, -0.25) is 0 Å². The van der Waals surface area contributed by atoms with E-state index in [-0.39, 0.29) is 18.9 Å². The van der Waals surface area contributed by atoms with Gasteiger partial charge in [0, 0.05) is 16.6 Å². The lowest BCUT2D eigenvalue weighted by molar-refractivity contribution is 0.168. The predicted octanol–water partition coefficient (Wildman–Crippen LogP) is 2.43. The molecular weight excluding hydrogens is 298 g/mol. The van der Waals surface area contributed by atoms with Crippen LogP contribution in [0.2, 0.25) is 0 Å². The molecule has 0 fully saturated rings. The standard InChI is InChI=1S/C13H18BrNO3/c1-3-13(2,7-16)15-6-9-4-11-12(5-10(9)14)18-8-17-11/h4-5,15-16H,3,6-8H2,1-2H3. The molecule has 2 N–H and O–H groups in total. The Hall–Kier alpha value is -0.780. The van der Waals surface area contributed by atoms with Crippen LogP contribution in [0, 0.1) is 0 Å². The first-order valence-electron chi connectivity index (χ1n) is 6.02. The molecule has 0 aromatic heterocycles. The van der Waals surface area contributed by atoms with Crippen LogP contribution in [-0.2, 0) is 6.54 Å². The van der Waals surface area contributed by atoms with E-state index in [0.29, 0.717) is 6.54 Å². The maximum Gasteiger partial charge on any atom is 0.231 e. The number of rotatable bonds is 5. The number of aliphatic hydroxyl groups is 1. The van der Waals surface area contributed by atoms with Crippen molar-refractivity contribution in [1.29, 1.82) is 0 Å². The molecule has 1 atom stereocenters. The summed E-state index contributed by atoms with van der Waals surface area (Å²) in [6.45, 7) is 5.13. The SMILES string of the molecule is CCC(C)(CO)NCc1cc2c(cc1Br)OCO2. The Bertz CT molecular complexity index is 432. The Kier molecular flexibility index (Phi) is 4.14. The van der Waals surface area contributed by atoms with Crippen LogP contribution in [0.4, 0.5) is 0 Å². The quantitative estimate of drug-likeness (QED) is 0.876. The normalized spacial score (nSPS) is 16.7. The fourth-order valence-corrected chi connectivity index (χ4v) is 2.16. The molecular formula is C13H18BrNO3. The highest BCUT2D eigenvalue weighted by molar-refractivity contribution is 9.10. The number of ether oxygens (including phenoxy) is 2. The highest BCUT2D eigenvalue weighted by Crippen LogP contribution is 2.37. The number of hydrogen-bond donors (Lipinski definition) is 2. The van der Waals surface area contributed by atoms with Gasteiger partial charge in [-0.2, -0.15) is 0 Å². The van der Waals surface area contributed by atoms with Gasteiger partial charge in [-0.25, -0.2) is 0 Å². The molecule has 1 aliphatic rings. The van der Waals surface area contributed by atoms with Gasteiger partial charge in [-0.1, -0.05) is 22.9 Å². The average Bonchev–Trinajstić information content (AvgIpc) is 2.82. The van der Waals surface area contributed by atoms with Gasteiger partial charge in [0.1, 0.15) is 0 Å². The number of benzene rings is 1. The molecule has 0 spiro atoms. The third-order valence-corrected chi connectivity index (χ3v) is 4.11. The van der Waals surface area contributed by atoms with Crippen molar-refractivity contribution in [2.45, 2.75) is 32.4 Å². The molecule has 0 saturated heterocycles. The van der Waals surface area contributed by atoms with Crippen LogP contribution in [0.1, 0.15) is 25.8 Å². The van der Waals surface area contributed by atoms with E-state index in [1.807, 2.05) is 19.1 Å². The van der Waals surface area contributed by atoms with Crippen LogP contribution in [0.15, 0.2) is 16.6 Å². The van der Waals surface area contributed by atoms with E-state index in [0.717, 1.165) is 28.0 Å². The summed E-state index contributed by atoms with van der Waals surface area (Å²) < 4.78 is 11.6. The van der Waals surface area contributed by atoms with Crippen LogP contribution in [0.3, 0.4) is 0 Å². The second-order valence-electron chi connectivity index (χ2n) is 4.72. The summed E-state index contributed by atoms with van der Waals surface area (Å²) in [5.74, 6) is 1.54. The first kappa shape index (κ1) is 13.6. The van der Waals surface area contributed by atoms with Gasteiger partial charge in [-0.05, 0) is 31.0 Å². The van der Waals surface area contributed by atoms with Gasteiger partial charge in [0.15, 0.2) is 11.5 Å². The minimum atomic E-state index is -0.254. The Labute approximate surface area is 115 Å². The Morgan fingerprint density at radius 3 is 2.67 bits per heavy atom. The van der Waals surface area contributed by atoms with Gasteiger partial charge in [0.05, 0.1) is 6.61 Å². The Balaban J connectivity index is 2.10. The Morgan fingerprint density at radius 1 is 1.39 bits per heavy atom. The zero-order valence-corrected chi connectivity index (χ0v) is 12.2. The summed E-state index contributed by atoms with van der Waals surface area (Å²) in [5.41, 5.74) is 0.836. The highest BCUT2D eigenvalue weighted by atomic mass is 79.9. The Morgan fingerprint density at radius 2 is 2.06 bits per heavy atom. The molecule has 0 aliphatic carbocycles. The van der Waals surface area contributed by atoms with E-state index in [4.69, 9.17) is 9.47 Å². The molecule has 2 rings (SSSR count). The highest BCUT2D eigenvalue weighted by Gasteiger charge is 2.21. The van der Waals surface area contributed by atoms with Crippen molar-refractivity contribution in [3.63, 3.8) is 0 Å². The number of fused-ring (bicyclic) bond motifs is 1. The summed E-state index contributed by atoms with van der Waals surface area (Å²) in [4.78, 5) is 0. The van der Waals surface area contributed by atoms with Crippen LogP contribution in [0.25, 0.3) is 0 Å². The second kappa shape index (κ2) is 5.47. The number of halogens is 1. The number of nitrogens with one attached hydrogen (secondary N) is 1. The molecule has 0 amide bonds. The van der Waals surface area contributed by atoms with Gasteiger partial charge < -0.3 is 19.9 Å². The topological polar surface area (TPSA) is 50.7 Å². The first-order valence-corrected chi connectivity index (χ1v) is 6.81. The predicted molar refractivity (Wildman–Crippen MR) is 72.9 cm³/mol. The lowest BCUT2D eigenvalue weighted by Gasteiger charge is -2.27. The first-order chi connectivity index (χ1) is 8.58. The smallest absolute Gasteiger partial charge is 0.231 e. The zero-order valence-electron chi connectivity index (χ0n) is 10.6. The molecule has 5 heteroatoms.